The van der Waals surface area contributed by atoms with Gasteiger partial charge < -0.3 is 10.4 Å². The molecule has 0 saturated heterocycles. The van der Waals surface area contributed by atoms with Gasteiger partial charge in [-0.1, -0.05) is 0 Å². The highest BCUT2D eigenvalue weighted by atomic mass is 19.1. The molecule has 0 heterocycles. The standard InChI is InChI=1S/C14H8F2N2O2/c15-11-6-9(2-3-10(11)14(19)20)18-13-4-1-8(7-17)5-12(13)16/h1-6,18H,(H,19,20). The van der Waals surface area contributed by atoms with E-state index in [0.29, 0.717) is 0 Å². The van der Waals surface area contributed by atoms with Crippen molar-refractivity contribution in [1.82, 2.24) is 0 Å². The quantitative estimate of drug-likeness (QED) is 0.900. The monoisotopic (exact) mass is 274 g/mol. The average molecular weight is 274 g/mol. The second-order valence-electron chi connectivity index (χ2n) is 3.93. The fourth-order valence-electron chi connectivity index (χ4n) is 1.61. The van der Waals surface area contributed by atoms with Crippen LogP contribution in [0.1, 0.15) is 15.9 Å². The van der Waals surface area contributed by atoms with Crippen molar-refractivity contribution >= 4 is 17.3 Å². The Labute approximate surface area is 112 Å². The first-order chi connectivity index (χ1) is 9.51. The first-order valence-corrected chi connectivity index (χ1v) is 5.51. The van der Waals surface area contributed by atoms with Crippen LogP contribution in [0.25, 0.3) is 0 Å². The van der Waals surface area contributed by atoms with Crippen molar-refractivity contribution in [3.05, 3.63) is 59.2 Å². The molecule has 0 aliphatic heterocycles. The van der Waals surface area contributed by atoms with Gasteiger partial charge in [0.25, 0.3) is 0 Å². The largest absolute Gasteiger partial charge is 0.478 e. The van der Waals surface area contributed by atoms with Gasteiger partial charge in [0.2, 0.25) is 0 Å². The Balaban J connectivity index is 2.29. The van der Waals surface area contributed by atoms with Crippen LogP contribution in [0.3, 0.4) is 0 Å². The van der Waals surface area contributed by atoms with Crippen LogP contribution < -0.4 is 5.32 Å². The molecule has 2 rings (SSSR count). The zero-order chi connectivity index (χ0) is 14.7. The van der Waals surface area contributed by atoms with Crippen LogP contribution in [0.5, 0.6) is 0 Å². The van der Waals surface area contributed by atoms with Gasteiger partial charge in [-0.15, -0.1) is 0 Å². The van der Waals surface area contributed by atoms with Crippen molar-refractivity contribution in [3.63, 3.8) is 0 Å². The van der Waals surface area contributed by atoms with Gasteiger partial charge in [0.05, 0.1) is 22.9 Å². The molecule has 0 bridgehead atoms. The topological polar surface area (TPSA) is 73.1 Å². The summed E-state index contributed by atoms with van der Waals surface area (Å²) < 4.78 is 27.1. The predicted octanol–water partition coefficient (Wildman–Crippen LogP) is 3.28. The number of carboxylic acids is 1. The summed E-state index contributed by atoms with van der Waals surface area (Å²) in [7, 11) is 0. The third-order valence-corrected chi connectivity index (χ3v) is 2.58. The van der Waals surface area contributed by atoms with Gasteiger partial charge >= 0.3 is 5.97 Å². The number of anilines is 2. The Morgan fingerprint density at radius 1 is 1.15 bits per heavy atom. The van der Waals surface area contributed by atoms with E-state index in [1.54, 1.807) is 6.07 Å². The van der Waals surface area contributed by atoms with E-state index in [4.69, 9.17) is 10.4 Å². The lowest BCUT2D eigenvalue weighted by Crippen LogP contribution is -2.02. The maximum absolute atomic E-state index is 13.6. The van der Waals surface area contributed by atoms with Gasteiger partial charge in [-0.05, 0) is 36.4 Å². The number of aromatic carboxylic acids is 1. The molecular formula is C14H8F2N2O2. The molecule has 0 aromatic heterocycles. The Hall–Kier alpha value is -2.94. The van der Waals surface area contributed by atoms with E-state index in [9.17, 15) is 13.6 Å². The van der Waals surface area contributed by atoms with Crippen LogP contribution in [0.4, 0.5) is 20.2 Å². The SMILES string of the molecule is N#Cc1ccc(Nc2ccc(C(=O)O)c(F)c2)c(F)c1. The molecule has 0 spiro atoms. The molecule has 0 aliphatic rings. The Bertz CT molecular complexity index is 724. The Kier molecular flexibility index (Phi) is 3.62. The molecule has 0 amide bonds. The highest BCUT2D eigenvalue weighted by Gasteiger charge is 2.11. The van der Waals surface area contributed by atoms with Gasteiger partial charge in [0.1, 0.15) is 11.6 Å². The van der Waals surface area contributed by atoms with Crippen LogP contribution in [0, 0.1) is 23.0 Å². The minimum atomic E-state index is -1.38. The summed E-state index contributed by atoms with van der Waals surface area (Å²) in [5.74, 6) is -2.96. The van der Waals surface area contributed by atoms with Crippen molar-refractivity contribution < 1.29 is 18.7 Å². The van der Waals surface area contributed by atoms with E-state index in [2.05, 4.69) is 5.32 Å². The summed E-state index contributed by atoms with van der Waals surface area (Å²) in [6.07, 6.45) is 0. The Morgan fingerprint density at radius 3 is 2.45 bits per heavy atom. The number of hydrogen-bond acceptors (Lipinski definition) is 3. The number of carbonyl (C=O) groups is 1. The summed E-state index contributed by atoms with van der Waals surface area (Å²) in [5, 5.41) is 19.9. The molecule has 6 heteroatoms. The molecule has 100 valence electrons. The van der Waals surface area contributed by atoms with E-state index in [0.717, 1.165) is 18.2 Å². The number of nitrogens with zero attached hydrogens (tertiary/aromatic N) is 1. The molecule has 0 fully saturated rings. The maximum atomic E-state index is 13.6. The van der Waals surface area contributed by atoms with Crippen molar-refractivity contribution in [1.29, 1.82) is 5.26 Å². The number of nitriles is 1. The normalized spacial score (nSPS) is 9.85. The number of hydrogen-bond donors (Lipinski definition) is 2. The van der Waals surface area contributed by atoms with E-state index in [1.165, 1.54) is 18.2 Å². The molecule has 0 radical (unpaired) electrons. The van der Waals surface area contributed by atoms with E-state index < -0.39 is 23.2 Å². The summed E-state index contributed by atoms with van der Waals surface area (Å²) >= 11 is 0. The van der Waals surface area contributed by atoms with Crippen molar-refractivity contribution in [2.24, 2.45) is 0 Å². The second kappa shape index (κ2) is 5.36. The summed E-state index contributed by atoms with van der Waals surface area (Å²) in [5.41, 5.74) is -0.0288. The summed E-state index contributed by atoms with van der Waals surface area (Å²) in [6.45, 7) is 0. The fourth-order valence-corrected chi connectivity index (χ4v) is 1.61. The predicted molar refractivity (Wildman–Crippen MR) is 67.8 cm³/mol. The molecule has 0 unspecified atom stereocenters. The number of nitrogens with one attached hydrogen (secondary N) is 1. The van der Waals surface area contributed by atoms with Gasteiger partial charge in [0, 0.05) is 5.69 Å². The molecular weight excluding hydrogens is 266 g/mol. The van der Waals surface area contributed by atoms with Crippen molar-refractivity contribution in [2.75, 3.05) is 5.32 Å². The van der Waals surface area contributed by atoms with E-state index in [-0.39, 0.29) is 16.9 Å². The lowest BCUT2D eigenvalue weighted by atomic mass is 10.1. The van der Waals surface area contributed by atoms with Gasteiger partial charge in [-0.2, -0.15) is 5.26 Å². The van der Waals surface area contributed by atoms with Crippen molar-refractivity contribution in [3.8, 4) is 6.07 Å². The number of halogens is 2. The number of benzene rings is 2. The number of rotatable bonds is 3. The van der Waals surface area contributed by atoms with Gasteiger partial charge in [-0.25, -0.2) is 13.6 Å². The lowest BCUT2D eigenvalue weighted by molar-refractivity contribution is 0.0692. The zero-order valence-corrected chi connectivity index (χ0v) is 10.0. The minimum absolute atomic E-state index is 0.0616. The fraction of sp³-hybridized carbons (Fsp3) is 0. The first-order valence-electron chi connectivity index (χ1n) is 5.51. The van der Waals surface area contributed by atoms with Crippen molar-refractivity contribution in [2.45, 2.75) is 0 Å². The molecule has 0 saturated carbocycles. The smallest absolute Gasteiger partial charge is 0.338 e. The third kappa shape index (κ3) is 2.72. The molecule has 0 aliphatic carbocycles. The molecule has 2 aromatic rings. The Morgan fingerprint density at radius 2 is 1.90 bits per heavy atom. The van der Waals surface area contributed by atoms with Gasteiger partial charge in [-0.3, -0.25) is 0 Å². The number of carboxylic acid groups (broad SMARTS) is 1. The van der Waals surface area contributed by atoms with Gasteiger partial charge in [0.15, 0.2) is 0 Å². The maximum Gasteiger partial charge on any atom is 0.338 e. The van der Waals surface area contributed by atoms with Crippen LogP contribution in [-0.2, 0) is 0 Å². The molecule has 0 atom stereocenters. The highest BCUT2D eigenvalue weighted by Crippen LogP contribution is 2.22. The molecule has 20 heavy (non-hydrogen) atoms. The highest BCUT2D eigenvalue weighted by molar-refractivity contribution is 5.88. The van der Waals surface area contributed by atoms with E-state index in [1.807, 2.05) is 0 Å². The first kappa shape index (κ1) is 13.5. The average Bonchev–Trinajstić information content (AvgIpc) is 2.40. The lowest BCUT2D eigenvalue weighted by Gasteiger charge is -2.08. The third-order valence-electron chi connectivity index (χ3n) is 2.58. The van der Waals surface area contributed by atoms with E-state index >= 15 is 0 Å². The minimum Gasteiger partial charge on any atom is -0.478 e. The summed E-state index contributed by atoms with van der Waals surface area (Å²) in [6, 6.07) is 8.96. The summed E-state index contributed by atoms with van der Waals surface area (Å²) in [4.78, 5) is 10.7. The van der Waals surface area contributed by atoms with Crippen LogP contribution in [0.2, 0.25) is 0 Å². The molecule has 2 N–H and O–H groups in total. The zero-order valence-electron chi connectivity index (χ0n) is 10.0. The molecule has 4 nitrogen and oxygen atoms in total. The van der Waals surface area contributed by atoms with Crippen LogP contribution in [0.15, 0.2) is 36.4 Å². The second-order valence-corrected chi connectivity index (χ2v) is 3.93. The van der Waals surface area contributed by atoms with Crippen LogP contribution >= 0.6 is 0 Å². The van der Waals surface area contributed by atoms with Crippen LogP contribution in [-0.4, -0.2) is 11.1 Å². The molecule has 2 aromatic carbocycles.